The van der Waals surface area contributed by atoms with Crippen molar-refractivity contribution in [3.8, 4) is 0 Å². The Balaban J connectivity index is 1.45. The monoisotopic (exact) mass is 368 g/mol. The summed E-state index contributed by atoms with van der Waals surface area (Å²) in [6.07, 6.45) is 8.17. The topological polar surface area (TPSA) is 58.1 Å². The van der Waals surface area contributed by atoms with Gasteiger partial charge in [0.2, 0.25) is 11.9 Å². The number of hydrogen-bond acceptors (Lipinski definition) is 4. The van der Waals surface area contributed by atoms with Crippen LogP contribution in [0.15, 0.2) is 36.5 Å². The third-order valence-corrected chi connectivity index (χ3v) is 5.61. The summed E-state index contributed by atoms with van der Waals surface area (Å²) < 4.78 is 13.4. The van der Waals surface area contributed by atoms with Crippen LogP contribution in [0.25, 0.3) is 0 Å². The number of benzene rings is 1. The van der Waals surface area contributed by atoms with Crippen LogP contribution < -0.4 is 5.32 Å². The highest BCUT2D eigenvalue weighted by atomic mass is 19.1. The number of nitrogens with one attached hydrogen (secondary N) is 1. The zero-order valence-corrected chi connectivity index (χ0v) is 15.4. The number of rotatable bonds is 4. The number of carbonyl (C=O) groups excluding carboxylic acids is 1. The second-order valence-electron chi connectivity index (χ2n) is 7.55. The smallest absolute Gasteiger partial charge is 0.227 e. The van der Waals surface area contributed by atoms with Crippen molar-refractivity contribution in [2.45, 2.75) is 44.4 Å². The third kappa shape index (κ3) is 4.26. The Morgan fingerprint density at radius 2 is 2.00 bits per heavy atom. The summed E-state index contributed by atoms with van der Waals surface area (Å²) in [4.78, 5) is 23.7. The molecule has 1 amide bonds. The Hall–Kier alpha value is -2.50. The zero-order valence-electron chi connectivity index (χ0n) is 15.4. The summed E-state index contributed by atoms with van der Waals surface area (Å²) in [5.41, 5.74) is 1.56. The molecule has 1 aliphatic heterocycles. The summed E-state index contributed by atoms with van der Waals surface area (Å²) in [6, 6.07) is 8.17. The largest absolute Gasteiger partial charge is 0.342 e. The average molecular weight is 368 g/mol. The molecule has 2 heterocycles. The molecule has 27 heavy (non-hydrogen) atoms. The Bertz CT molecular complexity index is 806. The van der Waals surface area contributed by atoms with E-state index in [2.05, 4.69) is 15.3 Å². The highest BCUT2D eigenvalue weighted by Gasteiger charge is 2.31. The van der Waals surface area contributed by atoms with Crippen LogP contribution in [-0.4, -0.2) is 33.9 Å². The summed E-state index contributed by atoms with van der Waals surface area (Å²) in [5, 5.41) is 3.06. The Labute approximate surface area is 159 Å². The molecule has 1 aromatic heterocycles. The van der Waals surface area contributed by atoms with Crippen molar-refractivity contribution in [3.63, 3.8) is 0 Å². The molecule has 2 fully saturated rings. The first-order chi connectivity index (χ1) is 13.2. The summed E-state index contributed by atoms with van der Waals surface area (Å²) in [7, 11) is 0. The molecule has 1 aliphatic carbocycles. The second kappa shape index (κ2) is 8.03. The van der Waals surface area contributed by atoms with Gasteiger partial charge in [0.1, 0.15) is 5.82 Å². The first-order valence-electron chi connectivity index (χ1n) is 9.83. The molecular weight excluding hydrogens is 343 g/mol. The number of anilines is 2. The van der Waals surface area contributed by atoms with Crippen LogP contribution in [0.5, 0.6) is 0 Å². The van der Waals surface area contributed by atoms with E-state index >= 15 is 0 Å². The maximum atomic E-state index is 13.4. The van der Waals surface area contributed by atoms with E-state index in [1.54, 1.807) is 18.3 Å². The van der Waals surface area contributed by atoms with Crippen LogP contribution in [-0.2, 0) is 4.79 Å². The minimum Gasteiger partial charge on any atom is -0.342 e. The van der Waals surface area contributed by atoms with E-state index in [0.29, 0.717) is 17.5 Å². The molecule has 142 valence electrons. The lowest BCUT2D eigenvalue weighted by Crippen LogP contribution is -2.42. The van der Waals surface area contributed by atoms with Gasteiger partial charge >= 0.3 is 0 Å². The first-order valence-corrected chi connectivity index (χ1v) is 9.83. The van der Waals surface area contributed by atoms with Gasteiger partial charge in [-0.05, 0) is 49.9 Å². The van der Waals surface area contributed by atoms with Crippen molar-refractivity contribution in [2.24, 2.45) is 5.92 Å². The third-order valence-electron chi connectivity index (χ3n) is 5.61. The molecule has 1 atom stereocenters. The predicted molar refractivity (Wildman–Crippen MR) is 102 cm³/mol. The molecule has 1 aromatic carbocycles. The van der Waals surface area contributed by atoms with Gasteiger partial charge in [0.15, 0.2) is 0 Å². The van der Waals surface area contributed by atoms with Gasteiger partial charge in [0, 0.05) is 36.8 Å². The highest BCUT2D eigenvalue weighted by molar-refractivity contribution is 5.79. The number of nitrogens with zero attached hydrogens (tertiary/aromatic N) is 3. The molecule has 2 aliphatic rings. The number of halogens is 1. The molecular formula is C21H25FN4O. The van der Waals surface area contributed by atoms with Gasteiger partial charge in [-0.3, -0.25) is 4.79 Å². The second-order valence-corrected chi connectivity index (χ2v) is 7.55. The van der Waals surface area contributed by atoms with E-state index in [-0.39, 0.29) is 17.7 Å². The number of aromatic nitrogens is 2. The number of piperidine rings is 1. The van der Waals surface area contributed by atoms with Crippen LogP contribution in [0.3, 0.4) is 0 Å². The molecule has 0 radical (unpaired) electrons. The minimum atomic E-state index is -0.301. The van der Waals surface area contributed by atoms with Crippen LogP contribution in [0.4, 0.5) is 16.0 Å². The number of carbonyl (C=O) groups is 1. The zero-order chi connectivity index (χ0) is 18.6. The highest BCUT2D eigenvalue weighted by Crippen LogP contribution is 2.31. The normalized spacial score (nSPS) is 20.6. The van der Waals surface area contributed by atoms with Crippen molar-refractivity contribution in [1.82, 2.24) is 14.9 Å². The molecule has 0 bridgehead atoms. The summed E-state index contributed by atoms with van der Waals surface area (Å²) in [5.74, 6) is 0.922. The van der Waals surface area contributed by atoms with Crippen molar-refractivity contribution in [3.05, 3.63) is 48.0 Å². The summed E-state index contributed by atoms with van der Waals surface area (Å²) in [6.45, 7) is 1.58. The molecule has 1 saturated carbocycles. The van der Waals surface area contributed by atoms with E-state index in [9.17, 15) is 9.18 Å². The van der Waals surface area contributed by atoms with E-state index < -0.39 is 0 Å². The van der Waals surface area contributed by atoms with Gasteiger partial charge in [0.05, 0.1) is 5.69 Å². The van der Waals surface area contributed by atoms with E-state index in [0.717, 1.165) is 44.5 Å². The molecule has 6 heteroatoms. The first kappa shape index (κ1) is 17.9. The quantitative estimate of drug-likeness (QED) is 0.876. The maximum Gasteiger partial charge on any atom is 0.227 e. The van der Waals surface area contributed by atoms with Crippen molar-refractivity contribution in [2.75, 3.05) is 18.4 Å². The lowest BCUT2D eigenvalue weighted by atomic mass is 9.93. The molecule has 1 saturated heterocycles. The SMILES string of the molecule is O=C(C1CCCC1)N1CCCC(c2ccnc(Nc3cccc(F)c3)n2)C1. The van der Waals surface area contributed by atoms with Crippen LogP contribution >= 0.6 is 0 Å². The van der Waals surface area contributed by atoms with Crippen LogP contribution in [0.2, 0.25) is 0 Å². The predicted octanol–water partition coefficient (Wildman–Crippen LogP) is 4.26. The fraction of sp³-hybridized carbons (Fsp3) is 0.476. The van der Waals surface area contributed by atoms with Gasteiger partial charge in [-0.1, -0.05) is 18.9 Å². The van der Waals surface area contributed by atoms with Gasteiger partial charge < -0.3 is 10.2 Å². The number of hydrogen-bond donors (Lipinski definition) is 1. The van der Waals surface area contributed by atoms with Crippen molar-refractivity contribution < 1.29 is 9.18 Å². The average Bonchev–Trinajstić information content (AvgIpc) is 3.23. The maximum absolute atomic E-state index is 13.4. The van der Waals surface area contributed by atoms with Gasteiger partial charge in [-0.15, -0.1) is 0 Å². The fourth-order valence-corrected chi connectivity index (χ4v) is 4.21. The summed E-state index contributed by atoms with van der Waals surface area (Å²) >= 11 is 0. The molecule has 5 nitrogen and oxygen atoms in total. The number of amides is 1. The van der Waals surface area contributed by atoms with Crippen LogP contribution in [0.1, 0.15) is 50.1 Å². The molecule has 0 spiro atoms. The van der Waals surface area contributed by atoms with Crippen molar-refractivity contribution >= 4 is 17.5 Å². The Morgan fingerprint density at radius 1 is 1.15 bits per heavy atom. The Kier molecular flexibility index (Phi) is 5.32. The lowest BCUT2D eigenvalue weighted by Gasteiger charge is -2.34. The number of likely N-dealkylation sites (tertiary alicyclic amines) is 1. The van der Waals surface area contributed by atoms with E-state index in [4.69, 9.17) is 0 Å². The lowest BCUT2D eigenvalue weighted by molar-refractivity contribution is -0.136. The van der Waals surface area contributed by atoms with Crippen LogP contribution in [0, 0.1) is 11.7 Å². The molecule has 4 rings (SSSR count). The fourth-order valence-electron chi connectivity index (χ4n) is 4.21. The van der Waals surface area contributed by atoms with Gasteiger partial charge in [-0.2, -0.15) is 0 Å². The molecule has 2 aromatic rings. The minimum absolute atomic E-state index is 0.222. The van der Waals surface area contributed by atoms with Gasteiger partial charge in [-0.25, -0.2) is 14.4 Å². The molecule has 1 unspecified atom stereocenters. The van der Waals surface area contributed by atoms with E-state index in [1.807, 2.05) is 11.0 Å². The van der Waals surface area contributed by atoms with E-state index in [1.165, 1.54) is 25.0 Å². The van der Waals surface area contributed by atoms with Crippen molar-refractivity contribution in [1.29, 1.82) is 0 Å². The standard InChI is InChI=1S/C21H25FN4O/c22-17-8-3-9-18(13-17)24-21-23-11-10-19(25-21)16-7-4-12-26(14-16)20(27)15-5-1-2-6-15/h3,8-11,13,15-16H,1-2,4-7,12,14H2,(H,23,24,25). The Morgan fingerprint density at radius 3 is 2.81 bits per heavy atom. The molecule has 1 N–H and O–H groups in total. The van der Waals surface area contributed by atoms with Gasteiger partial charge in [0.25, 0.3) is 0 Å².